The topological polar surface area (TPSA) is 18.5 Å². The minimum Gasteiger partial charge on any atom is -0.545 e. The van der Waals surface area contributed by atoms with E-state index in [1.54, 1.807) is 6.26 Å². The summed E-state index contributed by atoms with van der Waals surface area (Å²) in [5, 5.41) is 0. The van der Waals surface area contributed by atoms with Crippen LogP contribution in [0.25, 0.3) is 0 Å². The summed E-state index contributed by atoms with van der Waals surface area (Å²) in [4.78, 5) is 0. The van der Waals surface area contributed by atoms with Gasteiger partial charge in [-0.1, -0.05) is 42.5 Å². The van der Waals surface area contributed by atoms with Crippen molar-refractivity contribution >= 4 is 8.32 Å². The Morgan fingerprint density at radius 3 is 2.24 bits per heavy atom. The first-order valence-electron chi connectivity index (χ1n) is 7.34. The quantitative estimate of drug-likeness (QED) is 0.376. The second-order valence-electron chi connectivity index (χ2n) is 6.90. The van der Waals surface area contributed by atoms with Crippen molar-refractivity contribution in [2.75, 3.05) is 0 Å². The van der Waals surface area contributed by atoms with Crippen molar-refractivity contribution in [1.29, 1.82) is 0 Å². The maximum Gasteiger partial charge on any atom is 0.241 e. The van der Waals surface area contributed by atoms with Gasteiger partial charge in [0, 0.05) is 5.41 Å². The van der Waals surface area contributed by atoms with Gasteiger partial charge in [-0.25, -0.2) is 0 Å². The molecule has 0 bridgehead atoms. The van der Waals surface area contributed by atoms with Crippen LogP contribution in [0, 0.1) is 5.41 Å². The summed E-state index contributed by atoms with van der Waals surface area (Å²) in [6.45, 7) is 17.4. The summed E-state index contributed by atoms with van der Waals surface area (Å²) in [5.41, 5.74) is 1.99. The maximum atomic E-state index is 6.22. The highest BCUT2D eigenvalue weighted by Crippen LogP contribution is 2.36. The molecule has 0 saturated carbocycles. The Kier molecular flexibility index (Phi) is 5.84. The van der Waals surface area contributed by atoms with Crippen LogP contribution in [0.15, 0.2) is 54.5 Å². The van der Waals surface area contributed by atoms with Gasteiger partial charge in [-0.05, 0) is 46.0 Å². The van der Waals surface area contributed by atoms with Crippen LogP contribution in [0.2, 0.25) is 19.6 Å². The second kappa shape index (κ2) is 6.99. The third kappa shape index (κ3) is 5.80. The largest absolute Gasteiger partial charge is 0.545 e. The van der Waals surface area contributed by atoms with Gasteiger partial charge in [-0.15, -0.1) is 0 Å². The molecule has 1 rings (SSSR count). The molecule has 116 valence electrons. The molecule has 21 heavy (non-hydrogen) atoms. The SMILES string of the molecule is C=C(C)C(C)(C)/C(=C\OCc1ccccc1)O[Si](C)(C)C. The van der Waals surface area contributed by atoms with Crippen LogP contribution in [0.3, 0.4) is 0 Å². The molecule has 3 heteroatoms. The number of ether oxygens (including phenoxy) is 1. The second-order valence-corrected chi connectivity index (χ2v) is 11.3. The highest BCUT2D eigenvalue weighted by molar-refractivity contribution is 6.70. The fraction of sp³-hybridized carbons (Fsp3) is 0.444. The Morgan fingerprint density at radius 1 is 1.19 bits per heavy atom. The lowest BCUT2D eigenvalue weighted by molar-refractivity contribution is 0.198. The molecule has 0 saturated heterocycles. The average Bonchev–Trinajstić information content (AvgIpc) is 2.37. The van der Waals surface area contributed by atoms with Crippen LogP contribution in [0.1, 0.15) is 26.3 Å². The summed E-state index contributed by atoms with van der Waals surface area (Å²) >= 11 is 0. The normalized spacial score (nSPS) is 13.0. The molecule has 0 aromatic heterocycles. The third-order valence-corrected chi connectivity index (χ3v) is 4.21. The lowest BCUT2D eigenvalue weighted by Gasteiger charge is -2.33. The van der Waals surface area contributed by atoms with E-state index in [0.717, 1.165) is 16.9 Å². The summed E-state index contributed by atoms with van der Waals surface area (Å²) in [6, 6.07) is 10.1. The van der Waals surface area contributed by atoms with Crippen molar-refractivity contribution in [2.45, 2.75) is 47.0 Å². The first-order chi connectivity index (χ1) is 9.63. The van der Waals surface area contributed by atoms with Crippen molar-refractivity contribution in [1.82, 2.24) is 0 Å². The van der Waals surface area contributed by atoms with Gasteiger partial charge in [0.05, 0.1) is 0 Å². The molecule has 2 nitrogen and oxygen atoms in total. The highest BCUT2D eigenvalue weighted by atomic mass is 28.4. The lowest BCUT2D eigenvalue weighted by atomic mass is 9.84. The van der Waals surface area contributed by atoms with Crippen molar-refractivity contribution in [2.24, 2.45) is 5.41 Å². The van der Waals surface area contributed by atoms with E-state index in [2.05, 4.69) is 52.2 Å². The number of benzene rings is 1. The molecule has 0 aliphatic heterocycles. The molecule has 0 heterocycles. The Balaban J connectivity index is 2.86. The van der Waals surface area contributed by atoms with E-state index in [4.69, 9.17) is 9.16 Å². The monoisotopic (exact) mass is 304 g/mol. The van der Waals surface area contributed by atoms with E-state index in [1.165, 1.54) is 0 Å². The van der Waals surface area contributed by atoms with Crippen molar-refractivity contribution in [3.8, 4) is 0 Å². The van der Waals surface area contributed by atoms with E-state index in [-0.39, 0.29) is 5.41 Å². The van der Waals surface area contributed by atoms with Gasteiger partial charge in [-0.2, -0.15) is 0 Å². The zero-order valence-corrected chi connectivity index (χ0v) is 15.2. The number of hydrogen-bond acceptors (Lipinski definition) is 2. The van der Waals surface area contributed by atoms with Gasteiger partial charge in [0.2, 0.25) is 8.32 Å². The molecular formula is C18H28O2Si. The van der Waals surface area contributed by atoms with Crippen LogP contribution < -0.4 is 0 Å². The molecule has 0 unspecified atom stereocenters. The smallest absolute Gasteiger partial charge is 0.241 e. The molecule has 0 spiro atoms. The fourth-order valence-electron chi connectivity index (χ4n) is 1.63. The standard InChI is InChI=1S/C18H28O2Si/c1-15(2)18(3,4)17(20-21(5,6)7)14-19-13-16-11-9-8-10-12-16/h8-12,14H,1,13H2,2-7H3/b17-14+. The van der Waals surface area contributed by atoms with Crippen LogP contribution in [0.5, 0.6) is 0 Å². The summed E-state index contributed by atoms with van der Waals surface area (Å²) in [6.07, 6.45) is 1.76. The molecule has 0 radical (unpaired) electrons. The van der Waals surface area contributed by atoms with Crippen LogP contribution in [-0.2, 0) is 15.8 Å². The first-order valence-corrected chi connectivity index (χ1v) is 10.7. The zero-order valence-electron chi connectivity index (χ0n) is 14.2. The minimum atomic E-state index is -1.69. The molecule has 0 atom stereocenters. The molecular weight excluding hydrogens is 276 g/mol. The maximum absolute atomic E-state index is 6.22. The lowest BCUT2D eigenvalue weighted by Crippen LogP contribution is -2.30. The van der Waals surface area contributed by atoms with Crippen molar-refractivity contribution in [3.63, 3.8) is 0 Å². The zero-order chi connectivity index (χ0) is 16.1. The molecule has 0 aliphatic carbocycles. The van der Waals surface area contributed by atoms with Gasteiger partial charge in [0.15, 0.2) is 0 Å². The summed E-state index contributed by atoms with van der Waals surface area (Å²) < 4.78 is 12.0. The molecule has 1 aromatic rings. The van der Waals surface area contributed by atoms with E-state index in [1.807, 2.05) is 25.1 Å². The Morgan fingerprint density at radius 2 is 1.76 bits per heavy atom. The molecule has 0 fully saturated rings. The molecule has 0 N–H and O–H groups in total. The Hall–Kier alpha value is -1.48. The summed E-state index contributed by atoms with van der Waals surface area (Å²) in [5.74, 6) is 0.866. The Bertz CT molecular complexity index is 496. The average molecular weight is 305 g/mol. The van der Waals surface area contributed by atoms with Crippen LogP contribution >= 0.6 is 0 Å². The number of allylic oxidation sites excluding steroid dienone is 1. The van der Waals surface area contributed by atoms with Gasteiger partial charge < -0.3 is 9.16 Å². The van der Waals surface area contributed by atoms with E-state index in [9.17, 15) is 0 Å². The molecule has 1 aromatic carbocycles. The fourth-order valence-corrected chi connectivity index (χ4v) is 2.59. The summed E-state index contributed by atoms with van der Waals surface area (Å²) in [7, 11) is -1.69. The van der Waals surface area contributed by atoms with E-state index in [0.29, 0.717) is 6.61 Å². The van der Waals surface area contributed by atoms with Gasteiger partial charge in [-0.3, -0.25) is 0 Å². The highest BCUT2D eigenvalue weighted by Gasteiger charge is 2.30. The van der Waals surface area contributed by atoms with Gasteiger partial charge >= 0.3 is 0 Å². The van der Waals surface area contributed by atoms with Gasteiger partial charge in [0.1, 0.15) is 18.6 Å². The van der Waals surface area contributed by atoms with Crippen LogP contribution in [-0.4, -0.2) is 8.32 Å². The van der Waals surface area contributed by atoms with Gasteiger partial charge in [0.25, 0.3) is 0 Å². The van der Waals surface area contributed by atoms with E-state index >= 15 is 0 Å². The Labute approximate surface area is 130 Å². The predicted octanol–water partition coefficient (Wildman–Crippen LogP) is 5.50. The molecule has 0 amide bonds. The van der Waals surface area contributed by atoms with Crippen molar-refractivity contribution in [3.05, 3.63) is 60.1 Å². The number of hydrogen-bond donors (Lipinski definition) is 0. The first kappa shape index (κ1) is 17.6. The third-order valence-electron chi connectivity index (χ3n) is 3.38. The molecule has 0 aliphatic rings. The predicted molar refractivity (Wildman–Crippen MR) is 92.3 cm³/mol. The van der Waals surface area contributed by atoms with E-state index < -0.39 is 8.32 Å². The minimum absolute atomic E-state index is 0.225. The number of rotatable bonds is 7. The van der Waals surface area contributed by atoms with Crippen LogP contribution in [0.4, 0.5) is 0 Å². The van der Waals surface area contributed by atoms with Crippen molar-refractivity contribution < 1.29 is 9.16 Å².